The van der Waals surface area contributed by atoms with E-state index < -0.39 is 15.9 Å². The molecule has 8 heteroatoms. The Morgan fingerprint density at radius 3 is 2.81 bits per heavy atom. The predicted molar refractivity (Wildman–Crippen MR) is 56.3 cm³/mol. The number of ether oxygens (including phenoxy) is 1. The van der Waals surface area contributed by atoms with Gasteiger partial charge < -0.3 is 15.0 Å². The minimum absolute atomic E-state index is 0.0458. The van der Waals surface area contributed by atoms with Gasteiger partial charge in [-0.3, -0.25) is 0 Å². The molecule has 0 spiro atoms. The zero-order valence-electron chi connectivity index (χ0n) is 9.21. The van der Waals surface area contributed by atoms with Gasteiger partial charge in [-0.05, 0) is 6.92 Å². The Balaban J connectivity index is 2.64. The zero-order chi connectivity index (χ0) is 12.2. The summed E-state index contributed by atoms with van der Waals surface area (Å²) < 4.78 is 31.8. The molecule has 92 valence electrons. The van der Waals surface area contributed by atoms with Crippen molar-refractivity contribution < 1.29 is 17.7 Å². The molecule has 16 heavy (non-hydrogen) atoms. The second-order valence-corrected chi connectivity index (χ2v) is 5.52. The summed E-state index contributed by atoms with van der Waals surface area (Å²) in [4.78, 5) is 3.89. The van der Waals surface area contributed by atoms with E-state index in [4.69, 9.17) is 15.0 Å². The van der Waals surface area contributed by atoms with Gasteiger partial charge in [0, 0.05) is 12.9 Å². The van der Waals surface area contributed by atoms with E-state index in [0.29, 0.717) is 6.61 Å². The Labute approximate surface area is 93.9 Å². The molecule has 0 amide bonds. The summed E-state index contributed by atoms with van der Waals surface area (Å²) in [6, 6.07) is -0.503. The second-order valence-electron chi connectivity index (χ2n) is 3.38. The van der Waals surface area contributed by atoms with Gasteiger partial charge in [0.25, 0.3) is 0 Å². The summed E-state index contributed by atoms with van der Waals surface area (Å²) in [6.45, 7) is 2.66. The molecular formula is C8H15N3O4S. The Morgan fingerprint density at radius 1 is 1.56 bits per heavy atom. The monoisotopic (exact) mass is 249 g/mol. The molecule has 1 aromatic heterocycles. The van der Waals surface area contributed by atoms with Gasteiger partial charge in [0.15, 0.2) is 15.7 Å². The van der Waals surface area contributed by atoms with E-state index in [-0.39, 0.29) is 24.1 Å². The molecule has 1 aromatic rings. The van der Waals surface area contributed by atoms with Crippen LogP contribution in [0, 0.1) is 0 Å². The highest BCUT2D eigenvalue weighted by atomic mass is 32.2. The standard InChI is InChI=1S/C8H15N3O4S/c1-3-14-4-6(9)8-10-7(15-11-8)5-16(2,12)13/h6H,3-5,9H2,1-2H3. The molecule has 1 unspecified atom stereocenters. The number of nitrogens with two attached hydrogens (primary N) is 1. The van der Waals surface area contributed by atoms with Crippen LogP contribution in [0.25, 0.3) is 0 Å². The third-order valence-corrected chi connectivity index (χ3v) is 2.47. The number of nitrogens with zero attached hydrogens (tertiary/aromatic N) is 2. The molecule has 1 heterocycles. The minimum Gasteiger partial charge on any atom is -0.380 e. The van der Waals surface area contributed by atoms with Gasteiger partial charge in [0.05, 0.1) is 12.6 Å². The van der Waals surface area contributed by atoms with Gasteiger partial charge in [0.2, 0.25) is 5.89 Å². The first-order valence-electron chi connectivity index (χ1n) is 4.76. The molecule has 0 radical (unpaired) electrons. The van der Waals surface area contributed by atoms with E-state index >= 15 is 0 Å². The van der Waals surface area contributed by atoms with E-state index in [2.05, 4.69) is 10.1 Å². The molecule has 0 saturated heterocycles. The SMILES string of the molecule is CCOCC(N)c1noc(CS(C)(=O)=O)n1. The van der Waals surface area contributed by atoms with Gasteiger partial charge in [-0.15, -0.1) is 0 Å². The van der Waals surface area contributed by atoms with Crippen LogP contribution in [0.5, 0.6) is 0 Å². The Bertz CT molecular complexity index is 428. The molecule has 0 fully saturated rings. The van der Waals surface area contributed by atoms with Crippen LogP contribution in [0.1, 0.15) is 24.7 Å². The van der Waals surface area contributed by atoms with E-state index in [0.717, 1.165) is 6.26 Å². The minimum atomic E-state index is -3.17. The third-order valence-electron chi connectivity index (χ3n) is 1.70. The maximum Gasteiger partial charge on any atom is 0.241 e. The van der Waals surface area contributed by atoms with Crippen molar-refractivity contribution in [2.45, 2.75) is 18.7 Å². The highest BCUT2D eigenvalue weighted by molar-refractivity contribution is 7.89. The van der Waals surface area contributed by atoms with Crippen LogP contribution >= 0.6 is 0 Å². The fourth-order valence-corrected chi connectivity index (χ4v) is 1.59. The van der Waals surface area contributed by atoms with Crippen molar-refractivity contribution >= 4 is 9.84 Å². The average molecular weight is 249 g/mol. The average Bonchev–Trinajstić information content (AvgIpc) is 2.59. The quantitative estimate of drug-likeness (QED) is 0.734. The highest BCUT2D eigenvalue weighted by Crippen LogP contribution is 2.08. The molecule has 1 atom stereocenters. The molecule has 7 nitrogen and oxygen atoms in total. The third kappa shape index (κ3) is 4.25. The number of sulfone groups is 1. The summed E-state index contributed by atoms with van der Waals surface area (Å²) in [5.74, 6) is 0.0259. The first-order chi connectivity index (χ1) is 7.42. The van der Waals surface area contributed by atoms with Gasteiger partial charge >= 0.3 is 0 Å². The van der Waals surface area contributed by atoms with Gasteiger partial charge in [-0.25, -0.2) is 8.42 Å². The van der Waals surface area contributed by atoms with Crippen molar-refractivity contribution in [3.63, 3.8) is 0 Å². The Morgan fingerprint density at radius 2 is 2.25 bits per heavy atom. The van der Waals surface area contributed by atoms with Gasteiger partial charge in [0.1, 0.15) is 5.75 Å². The van der Waals surface area contributed by atoms with E-state index in [9.17, 15) is 8.42 Å². The number of aromatic nitrogens is 2. The molecule has 2 N–H and O–H groups in total. The molecule has 0 saturated carbocycles. The number of hydrogen-bond acceptors (Lipinski definition) is 7. The van der Waals surface area contributed by atoms with Crippen molar-refractivity contribution in [1.82, 2.24) is 10.1 Å². The summed E-state index contributed by atoms with van der Waals surface area (Å²) >= 11 is 0. The van der Waals surface area contributed by atoms with Crippen LogP contribution in [0.15, 0.2) is 4.52 Å². The summed E-state index contributed by atoms with van der Waals surface area (Å²) in [5.41, 5.74) is 5.70. The van der Waals surface area contributed by atoms with E-state index in [1.165, 1.54) is 0 Å². The maximum atomic E-state index is 11.0. The summed E-state index contributed by atoms with van der Waals surface area (Å²) in [6.07, 6.45) is 1.09. The summed E-state index contributed by atoms with van der Waals surface area (Å²) in [5, 5.41) is 3.60. The van der Waals surface area contributed by atoms with Crippen LogP contribution in [0.3, 0.4) is 0 Å². The Kier molecular flexibility index (Phi) is 4.39. The maximum absolute atomic E-state index is 11.0. The van der Waals surface area contributed by atoms with Gasteiger partial charge in [-0.1, -0.05) is 5.16 Å². The first kappa shape index (κ1) is 13.1. The molecule has 0 aliphatic rings. The highest BCUT2D eigenvalue weighted by Gasteiger charge is 2.16. The fraction of sp³-hybridized carbons (Fsp3) is 0.750. The smallest absolute Gasteiger partial charge is 0.241 e. The lowest BCUT2D eigenvalue weighted by molar-refractivity contribution is 0.130. The van der Waals surface area contributed by atoms with Crippen molar-refractivity contribution in [3.05, 3.63) is 11.7 Å². The topological polar surface area (TPSA) is 108 Å². The van der Waals surface area contributed by atoms with E-state index in [1.807, 2.05) is 6.92 Å². The van der Waals surface area contributed by atoms with Crippen LogP contribution < -0.4 is 5.73 Å². The van der Waals surface area contributed by atoms with Crippen molar-refractivity contribution in [3.8, 4) is 0 Å². The van der Waals surface area contributed by atoms with Crippen LogP contribution in [0.2, 0.25) is 0 Å². The van der Waals surface area contributed by atoms with Crippen LogP contribution in [0.4, 0.5) is 0 Å². The summed E-state index contributed by atoms with van der Waals surface area (Å²) in [7, 11) is -3.17. The molecule has 0 aliphatic heterocycles. The normalized spacial score (nSPS) is 13.9. The van der Waals surface area contributed by atoms with Crippen molar-refractivity contribution in [2.75, 3.05) is 19.5 Å². The fourth-order valence-electron chi connectivity index (χ4n) is 1.02. The number of hydrogen-bond donors (Lipinski definition) is 1. The lowest BCUT2D eigenvalue weighted by Gasteiger charge is -2.05. The zero-order valence-corrected chi connectivity index (χ0v) is 10.0. The van der Waals surface area contributed by atoms with Gasteiger partial charge in [-0.2, -0.15) is 4.98 Å². The van der Waals surface area contributed by atoms with Crippen molar-refractivity contribution in [1.29, 1.82) is 0 Å². The lowest BCUT2D eigenvalue weighted by atomic mass is 10.3. The number of rotatable bonds is 6. The first-order valence-corrected chi connectivity index (χ1v) is 6.82. The lowest BCUT2D eigenvalue weighted by Crippen LogP contribution is -2.18. The Hall–Kier alpha value is -0.990. The van der Waals surface area contributed by atoms with Crippen LogP contribution in [-0.4, -0.2) is 38.0 Å². The molecular weight excluding hydrogens is 234 g/mol. The van der Waals surface area contributed by atoms with Crippen LogP contribution in [-0.2, 0) is 20.3 Å². The molecule has 0 bridgehead atoms. The van der Waals surface area contributed by atoms with E-state index in [1.54, 1.807) is 0 Å². The predicted octanol–water partition coefficient (Wildman–Crippen LogP) is -0.349. The largest absolute Gasteiger partial charge is 0.380 e. The molecule has 0 aliphatic carbocycles. The second kappa shape index (κ2) is 5.37. The van der Waals surface area contributed by atoms with Crippen molar-refractivity contribution in [2.24, 2.45) is 5.73 Å². The molecule has 0 aromatic carbocycles. The molecule has 1 rings (SSSR count).